The third-order valence-corrected chi connectivity index (χ3v) is 4.42. The number of anilines is 3. The molecule has 0 aliphatic heterocycles. The third kappa shape index (κ3) is 2.54. The van der Waals surface area contributed by atoms with Crippen molar-refractivity contribution in [2.24, 2.45) is 0 Å². The Morgan fingerprint density at radius 1 is 1.26 bits per heavy atom. The van der Waals surface area contributed by atoms with Crippen molar-refractivity contribution in [2.75, 3.05) is 18.2 Å². The molecule has 0 amide bonds. The Morgan fingerprint density at radius 3 is 2.96 bits per heavy atom. The Hall–Kier alpha value is -2.51. The number of hydrogen-bond acceptors (Lipinski definition) is 7. The summed E-state index contributed by atoms with van der Waals surface area (Å²) in [5.41, 5.74) is 8.57. The number of benzene rings is 2. The van der Waals surface area contributed by atoms with Crippen molar-refractivity contribution in [2.45, 2.75) is 0 Å². The van der Waals surface area contributed by atoms with Gasteiger partial charge in [0.25, 0.3) is 0 Å². The van der Waals surface area contributed by atoms with Crippen LogP contribution in [0.5, 0.6) is 5.75 Å². The second-order valence-electron chi connectivity index (χ2n) is 4.84. The van der Waals surface area contributed by atoms with E-state index < -0.39 is 0 Å². The molecule has 0 saturated heterocycles. The van der Waals surface area contributed by atoms with Crippen molar-refractivity contribution in [1.29, 1.82) is 0 Å². The minimum Gasteiger partial charge on any atom is -0.494 e. The maximum Gasteiger partial charge on any atom is 0.302 e. The van der Waals surface area contributed by atoms with E-state index in [1.165, 1.54) is 11.3 Å². The predicted molar refractivity (Wildman–Crippen MR) is 92.9 cm³/mol. The van der Waals surface area contributed by atoms with Crippen LogP contribution >= 0.6 is 22.9 Å². The normalized spacial score (nSPS) is 11.2. The van der Waals surface area contributed by atoms with E-state index >= 15 is 0 Å². The van der Waals surface area contributed by atoms with Gasteiger partial charge >= 0.3 is 6.01 Å². The van der Waals surface area contributed by atoms with Crippen molar-refractivity contribution in [3.8, 4) is 5.75 Å². The second kappa shape index (κ2) is 5.29. The summed E-state index contributed by atoms with van der Waals surface area (Å²) in [5, 5.41) is 4.31. The van der Waals surface area contributed by atoms with Crippen LogP contribution in [0.25, 0.3) is 21.3 Å². The number of methoxy groups -OCH3 is 1. The third-order valence-electron chi connectivity index (χ3n) is 3.27. The van der Waals surface area contributed by atoms with Crippen LogP contribution in [-0.2, 0) is 0 Å². The Bertz CT molecular complexity index is 1030. The van der Waals surface area contributed by atoms with Gasteiger partial charge in [-0.15, -0.1) is 0 Å². The summed E-state index contributed by atoms with van der Waals surface area (Å²) < 4.78 is 11.9. The van der Waals surface area contributed by atoms with Crippen molar-refractivity contribution in [3.63, 3.8) is 0 Å². The minimum atomic E-state index is 0.355. The Morgan fingerprint density at radius 2 is 2.13 bits per heavy atom. The highest BCUT2D eigenvalue weighted by atomic mass is 35.5. The molecule has 116 valence electrons. The molecule has 8 heteroatoms. The maximum atomic E-state index is 5.95. The Labute approximate surface area is 139 Å². The largest absolute Gasteiger partial charge is 0.494 e. The van der Waals surface area contributed by atoms with Crippen LogP contribution in [-0.4, -0.2) is 17.1 Å². The number of nitrogens with zero attached hydrogens (tertiary/aromatic N) is 2. The van der Waals surface area contributed by atoms with Crippen LogP contribution in [0.2, 0.25) is 5.02 Å². The van der Waals surface area contributed by atoms with Gasteiger partial charge in [-0.2, -0.15) is 4.98 Å². The van der Waals surface area contributed by atoms with Gasteiger partial charge in [-0.1, -0.05) is 22.9 Å². The molecule has 0 spiro atoms. The van der Waals surface area contributed by atoms with E-state index in [9.17, 15) is 0 Å². The Kier molecular flexibility index (Phi) is 3.24. The number of fused-ring (bicyclic) bond motifs is 2. The lowest BCUT2D eigenvalue weighted by molar-refractivity contribution is 0.419. The SMILES string of the molecule is COc1cc(N)cc2sc(Nc3nc4cc(Cl)ccc4o3)nc12. The van der Waals surface area contributed by atoms with E-state index in [0.717, 1.165) is 10.2 Å². The number of oxazole rings is 1. The zero-order valence-electron chi connectivity index (χ0n) is 12.0. The van der Waals surface area contributed by atoms with E-state index in [1.807, 2.05) is 6.07 Å². The number of hydrogen-bond donors (Lipinski definition) is 2. The van der Waals surface area contributed by atoms with Crippen molar-refractivity contribution in [1.82, 2.24) is 9.97 Å². The van der Waals surface area contributed by atoms with Gasteiger partial charge in [0.15, 0.2) is 10.7 Å². The average molecular weight is 347 g/mol. The van der Waals surface area contributed by atoms with Gasteiger partial charge in [0.2, 0.25) is 0 Å². The second-order valence-corrected chi connectivity index (χ2v) is 6.31. The van der Waals surface area contributed by atoms with E-state index in [-0.39, 0.29) is 0 Å². The smallest absolute Gasteiger partial charge is 0.302 e. The summed E-state index contributed by atoms with van der Waals surface area (Å²) in [6, 6.07) is 9.23. The summed E-state index contributed by atoms with van der Waals surface area (Å²) in [7, 11) is 1.59. The molecule has 4 rings (SSSR count). The van der Waals surface area contributed by atoms with Gasteiger partial charge in [0, 0.05) is 16.8 Å². The molecule has 0 atom stereocenters. The van der Waals surface area contributed by atoms with E-state index in [4.69, 9.17) is 26.5 Å². The summed E-state index contributed by atoms with van der Waals surface area (Å²) in [6.45, 7) is 0. The first kappa shape index (κ1) is 14.1. The quantitative estimate of drug-likeness (QED) is 0.534. The standard InChI is InChI=1S/C15H11ClN4O2S/c1-21-11-5-8(17)6-12-13(11)19-15(23-12)20-14-18-9-4-7(16)2-3-10(9)22-14/h2-6H,17H2,1H3,(H,18,19,20). The number of nitrogen functional groups attached to an aromatic ring is 1. The fraction of sp³-hybridized carbons (Fsp3) is 0.0667. The molecule has 0 saturated carbocycles. The van der Waals surface area contributed by atoms with Gasteiger partial charge in [-0.3, -0.25) is 5.32 Å². The summed E-state index contributed by atoms with van der Waals surface area (Å²) >= 11 is 7.39. The van der Waals surface area contributed by atoms with E-state index in [2.05, 4.69) is 15.3 Å². The molecule has 6 nitrogen and oxygen atoms in total. The fourth-order valence-corrected chi connectivity index (χ4v) is 3.36. The van der Waals surface area contributed by atoms with Crippen LogP contribution in [0.3, 0.4) is 0 Å². The topological polar surface area (TPSA) is 86.2 Å². The lowest BCUT2D eigenvalue weighted by Crippen LogP contribution is -1.90. The van der Waals surface area contributed by atoms with E-state index in [0.29, 0.717) is 38.7 Å². The molecule has 0 aliphatic rings. The maximum absolute atomic E-state index is 5.95. The predicted octanol–water partition coefficient (Wildman–Crippen LogP) is 4.43. The average Bonchev–Trinajstić information content (AvgIpc) is 3.08. The lowest BCUT2D eigenvalue weighted by atomic mass is 10.3. The molecule has 0 bridgehead atoms. The number of aromatic nitrogens is 2. The van der Waals surface area contributed by atoms with Crippen LogP contribution in [0.1, 0.15) is 0 Å². The molecule has 23 heavy (non-hydrogen) atoms. The van der Waals surface area contributed by atoms with E-state index in [1.54, 1.807) is 31.4 Å². The van der Waals surface area contributed by atoms with Crippen molar-refractivity contribution < 1.29 is 9.15 Å². The molecule has 0 unspecified atom stereocenters. The molecular formula is C15H11ClN4O2S. The molecule has 4 aromatic rings. The molecule has 3 N–H and O–H groups in total. The Balaban J connectivity index is 1.73. The number of thiazole rings is 1. The number of nitrogens with one attached hydrogen (secondary N) is 1. The molecule has 2 aromatic heterocycles. The number of halogens is 1. The van der Waals surface area contributed by atoms with Crippen molar-refractivity contribution >= 4 is 61.1 Å². The zero-order chi connectivity index (χ0) is 16.0. The van der Waals surface area contributed by atoms with Crippen LogP contribution in [0.4, 0.5) is 16.8 Å². The highest BCUT2D eigenvalue weighted by Gasteiger charge is 2.13. The van der Waals surface area contributed by atoms with Gasteiger partial charge in [0.05, 0.1) is 11.8 Å². The lowest BCUT2D eigenvalue weighted by Gasteiger charge is -2.01. The molecule has 0 fully saturated rings. The fourth-order valence-electron chi connectivity index (χ4n) is 2.27. The minimum absolute atomic E-state index is 0.355. The monoisotopic (exact) mass is 346 g/mol. The van der Waals surface area contributed by atoms with Gasteiger partial charge in [-0.05, 0) is 24.3 Å². The first-order valence-electron chi connectivity index (χ1n) is 6.69. The first-order chi connectivity index (χ1) is 11.1. The van der Waals surface area contributed by atoms with Gasteiger partial charge in [-0.25, -0.2) is 4.98 Å². The van der Waals surface area contributed by atoms with Gasteiger partial charge < -0.3 is 14.9 Å². The van der Waals surface area contributed by atoms with Gasteiger partial charge in [0.1, 0.15) is 16.8 Å². The molecular weight excluding hydrogens is 336 g/mol. The van der Waals surface area contributed by atoms with Crippen LogP contribution < -0.4 is 15.8 Å². The molecule has 2 aromatic carbocycles. The summed E-state index contributed by atoms with van der Waals surface area (Å²) in [5.74, 6) is 0.633. The van der Waals surface area contributed by atoms with Crippen LogP contribution in [0.15, 0.2) is 34.7 Å². The zero-order valence-corrected chi connectivity index (χ0v) is 13.5. The number of ether oxygens (including phenoxy) is 1. The summed E-state index contributed by atoms with van der Waals surface area (Å²) in [6.07, 6.45) is 0. The molecule has 0 radical (unpaired) electrons. The highest BCUT2D eigenvalue weighted by molar-refractivity contribution is 7.22. The number of rotatable bonds is 3. The van der Waals surface area contributed by atoms with Crippen LogP contribution in [0, 0.1) is 0 Å². The first-order valence-corrected chi connectivity index (χ1v) is 7.89. The molecule has 0 aliphatic carbocycles. The summed E-state index contributed by atoms with van der Waals surface area (Å²) in [4.78, 5) is 8.86. The number of nitrogens with two attached hydrogens (primary N) is 1. The van der Waals surface area contributed by atoms with Crippen molar-refractivity contribution in [3.05, 3.63) is 35.4 Å². The highest BCUT2D eigenvalue weighted by Crippen LogP contribution is 2.36. The molecule has 2 heterocycles.